The number of ether oxygens (including phenoxy) is 1. The number of hydrogen-bond donors (Lipinski definition) is 2. The Morgan fingerprint density at radius 1 is 1.24 bits per heavy atom. The Kier molecular flexibility index (Phi) is 5.40. The van der Waals surface area contributed by atoms with E-state index in [1.807, 2.05) is 50.2 Å². The van der Waals surface area contributed by atoms with Gasteiger partial charge < -0.3 is 19.6 Å². The van der Waals surface area contributed by atoms with Crippen molar-refractivity contribution >= 4 is 5.82 Å². The van der Waals surface area contributed by atoms with E-state index in [9.17, 15) is 5.11 Å². The molecule has 0 amide bonds. The fourth-order valence-electron chi connectivity index (χ4n) is 2.67. The Morgan fingerprint density at radius 3 is 2.68 bits per heavy atom. The molecule has 0 aliphatic carbocycles. The molecule has 2 heterocycles. The van der Waals surface area contributed by atoms with Gasteiger partial charge in [0.1, 0.15) is 17.3 Å². The normalized spacial score (nSPS) is 10.8. The van der Waals surface area contributed by atoms with Gasteiger partial charge in [-0.25, -0.2) is 4.68 Å². The minimum atomic E-state index is 0.0310. The number of aryl methyl sites for hydroxylation is 1. The molecule has 2 aromatic heterocycles. The first kappa shape index (κ1) is 17.1. The van der Waals surface area contributed by atoms with Gasteiger partial charge >= 0.3 is 0 Å². The van der Waals surface area contributed by atoms with Gasteiger partial charge in [0.25, 0.3) is 0 Å². The highest BCUT2D eigenvalue weighted by Gasteiger charge is 2.12. The number of nitrogens with zero attached hydrogens (tertiary/aromatic N) is 2. The van der Waals surface area contributed by atoms with E-state index in [4.69, 9.17) is 9.15 Å². The highest BCUT2D eigenvalue weighted by Crippen LogP contribution is 2.26. The van der Waals surface area contributed by atoms with Crippen LogP contribution in [-0.4, -0.2) is 28.1 Å². The van der Waals surface area contributed by atoms with E-state index >= 15 is 0 Å². The number of hydrogen-bond acceptors (Lipinski definition) is 5. The van der Waals surface area contributed by atoms with Crippen molar-refractivity contribution in [2.75, 3.05) is 18.5 Å². The van der Waals surface area contributed by atoms with Crippen LogP contribution >= 0.6 is 0 Å². The standard InChI is InChI=1S/C19H23N3O3/c1-3-24-16-6-4-15(5-7-16)13-20-19-12-18(21-22(19)9-10-23)17-8-11-25-14(17)2/h4-8,11-12,20,23H,3,9-10,13H2,1-2H3. The van der Waals surface area contributed by atoms with E-state index < -0.39 is 0 Å². The molecule has 0 bridgehead atoms. The van der Waals surface area contributed by atoms with Crippen molar-refractivity contribution in [3.8, 4) is 17.0 Å². The maximum atomic E-state index is 9.28. The summed E-state index contributed by atoms with van der Waals surface area (Å²) in [7, 11) is 0. The van der Waals surface area contributed by atoms with Gasteiger partial charge in [-0.1, -0.05) is 12.1 Å². The molecular weight excluding hydrogens is 318 g/mol. The summed E-state index contributed by atoms with van der Waals surface area (Å²) in [6.45, 7) is 5.66. The predicted octanol–water partition coefficient (Wildman–Crippen LogP) is 3.45. The average molecular weight is 341 g/mol. The highest BCUT2D eigenvalue weighted by atomic mass is 16.5. The number of anilines is 1. The van der Waals surface area contributed by atoms with E-state index in [0.29, 0.717) is 19.7 Å². The summed E-state index contributed by atoms with van der Waals surface area (Å²) in [6.07, 6.45) is 1.66. The van der Waals surface area contributed by atoms with Crippen LogP contribution in [-0.2, 0) is 13.1 Å². The van der Waals surface area contributed by atoms with Crippen LogP contribution in [0.3, 0.4) is 0 Å². The van der Waals surface area contributed by atoms with Crippen LogP contribution in [0.15, 0.2) is 47.1 Å². The molecule has 0 aliphatic rings. The first-order chi connectivity index (χ1) is 12.2. The lowest BCUT2D eigenvalue weighted by Gasteiger charge is -2.09. The quantitative estimate of drug-likeness (QED) is 0.656. The van der Waals surface area contributed by atoms with Crippen LogP contribution in [0.25, 0.3) is 11.3 Å². The summed E-state index contributed by atoms with van der Waals surface area (Å²) in [5, 5.41) is 17.2. The first-order valence-corrected chi connectivity index (χ1v) is 8.40. The third-order valence-corrected chi connectivity index (χ3v) is 3.93. The third-order valence-electron chi connectivity index (χ3n) is 3.93. The Balaban J connectivity index is 1.74. The third kappa shape index (κ3) is 4.03. The maximum absolute atomic E-state index is 9.28. The molecule has 6 nitrogen and oxygen atoms in total. The summed E-state index contributed by atoms with van der Waals surface area (Å²) in [5.41, 5.74) is 2.93. The Bertz CT molecular complexity index is 806. The maximum Gasteiger partial charge on any atom is 0.125 e. The van der Waals surface area contributed by atoms with Crippen molar-refractivity contribution in [2.45, 2.75) is 26.9 Å². The SMILES string of the molecule is CCOc1ccc(CNc2cc(-c3ccoc3C)nn2CCO)cc1. The van der Waals surface area contributed by atoms with Gasteiger partial charge in [-0.15, -0.1) is 0 Å². The van der Waals surface area contributed by atoms with Gasteiger partial charge in [0.05, 0.1) is 31.7 Å². The van der Waals surface area contributed by atoms with Crippen molar-refractivity contribution < 1.29 is 14.3 Å². The molecule has 0 aliphatic heterocycles. The Morgan fingerprint density at radius 2 is 2.04 bits per heavy atom. The fraction of sp³-hybridized carbons (Fsp3) is 0.316. The molecule has 0 saturated carbocycles. The summed E-state index contributed by atoms with van der Waals surface area (Å²) >= 11 is 0. The molecule has 3 rings (SSSR count). The van der Waals surface area contributed by atoms with Crippen LogP contribution < -0.4 is 10.1 Å². The van der Waals surface area contributed by atoms with Crippen molar-refractivity contribution in [2.24, 2.45) is 0 Å². The van der Waals surface area contributed by atoms with Crippen LogP contribution in [0, 0.1) is 6.92 Å². The highest BCUT2D eigenvalue weighted by molar-refractivity contribution is 5.64. The summed E-state index contributed by atoms with van der Waals surface area (Å²) in [6, 6.07) is 11.9. The largest absolute Gasteiger partial charge is 0.494 e. The monoisotopic (exact) mass is 341 g/mol. The zero-order valence-electron chi connectivity index (χ0n) is 14.5. The first-order valence-electron chi connectivity index (χ1n) is 8.40. The molecular formula is C19H23N3O3. The number of furan rings is 1. The van der Waals surface area contributed by atoms with Crippen molar-refractivity contribution in [1.29, 1.82) is 0 Å². The van der Waals surface area contributed by atoms with E-state index in [1.54, 1.807) is 10.9 Å². The second-order valence-electron chi connectivity index (χ2n) is 5.68. The zero-order chi connectivity index (χ0) is 17.6. The number of benzene rings is 1. The van der Waals surface area contributed by atoms with Gasteiger partial charge in [-0.3, -0.25) is 0 Å². The molecule has 25 heavy (non-hydrogen) atoms. The molecule has 0 unspecified atom stereocenters. The van der Waals surface area contributed by atoms with Gasteiger partial charge in [-0.2, -0.15) is 5.10 Å². The lowest BCUT2D eigenvalue weighted by Crippen LogP contribution is -2.10. The van der Waals surface area contributed by atoms with Gasteiger partial charge in [0, 0.05) is 18.2 Å². The number of nitrogens with one attached hydrogen (secondary N) is 1. The number of aliphatic hydroxyl groups is 1. The van der Waals surface area contributed by atoms with E-state index in [2.05, 4.69) is 10.4 Å². The molecule has 3 aromatic rings. The van der Waals surface area contributed by atoms with E-state index in [-0.39, 0.29) is 6.61 Å². The van der Waals surface area contributed by atoms with Crippen molar-refractivity contribution in [3.63, 3.8) is 0 Å². The molecule has 2 N–H and O–H groups in total. The molecule has 0 fully saturated rings. The molecule has 6 heteroatoms. The van der Waals surface area contributed by atoms with Crippen LogP contribution in [0.5, 0.6) is 5.75 Å². The molecule has 132 valence electrons. The number of rotatable bonds is 8. The Labute approximate surface area is 147 Å². The second kappa shape index (κ2) is 7.90. The fourth-order valence-corrected chi connectivity index (χ4v) is 2.67. The smallest absolute Gasteiger partial charge is 0.125 e. The number of aliphatic hydroxyl groups excluding tert-OH is 1. The zero-order valence-corrected chi connectivity index (χ0v) is 14.5. The molecule has 0 spiro atoms. The lowest BCUT2D eigenvalue weighted by atomic mass is 10.2. The van der Waals surface area contributed by atoms with Gasteiger partial charge in [0.15, 0.2) is 0 Å². The minimum absolute atomic E-state index is 0.0310. The topological polar surface area (TPSA) is 72.5 Å². The number of aromatic nitrogens is 2. The van der Waals surface area contributed by atoms with Gasteiger partial charge in [0.2, 0.25) is 0 Å². The van der Waals surface area contributed by atoms with Crippen LogP contribution in [0.2, 0.25) is 0 Å². The Hall–Kier alpha value is -2.73. The molecule has 0 saturated heterocycles. The summed E-state index contributed by atoms with van der Waals surface area (Å²) in [4.78, 5) is 0. The lowest BCUT2D eigenvalue weighted by molar-refractivity contribution is 0.270. The van der Waals surface area contributed by atoms with Crippen LogP contribution in [0.1, 0.15) is 18.2 Å². The molecule has 0 radical (unpaired) electrons. The molecule has 0 atom stereocenters. The summed E-state index contributed by atoms with van der Waals surface area (Å²) in [5.74, 6) is 2.56. The van der Waals surface area contributed by atoms with Gasteiger partial charge in [-0.05, 0) is 37.6 Å². The second-order valence-corrected chi connectivity index (χ2v) is 5.68. The van der Waals surface area contributed by atoms with E-state index in [0.717, 1.165) is 34.1 Å². The summed E-state index contributed by atoms with van der Waals surface area (Å²) < 4.78 is 12.6. The van der Waals surface area contributed by atoms with Crippen molar-refractivity contribution in [3.05, 3.63) is 54.0 Å². The average Bonchev–Trinajstić information content (AvgIpc) is 3.21. The molecule has 1 aromatic carbocycles. The van der Waals surface area contributed by atoms with E-state index in [1.165, 1.54) is 0 Å². The predicted molar refractivity (Wildman–Crippen MR) is 96.7 cm³/mol. The van der Waals surface area contributed by atoms with Crippen LogP contribution in [0.4, 0.5) is 5.82 Å². The minimum Gasteiger partial charge on any atom is -0.494 e. The van der Waals surface area contributed by atoms with Crippen molar-refractivity contribution in [1.82, 2.24) is 9.78 Å².